The summed E-state index contributed by atoms with van der Waals surface area (Å²) in [4.78, 5) is 11.0. The highest BCUT2D eigenvalue weighted by Gasteiger charge is 2.34. The van der Waals surface area contributed by atoms with Gasteiger partial charge in [-0.25, -0.2) is 0 Å². The molecule has 1 heterocycles. The highest BCUT2D eigenvalue weighted by molar-refractivity contribution is 9.10. The third-order valence-electron chi connectivity index (χ3n) is 2.67. The monoisotopic (exact) mass is 270 g/mol. The van der Waals surface area contributed by atoms with Crippen molar-refractivity contribution in [1.82, 2.24) is 0 Å². The van der Waals surface area contributed by atoms with Gasteiger partial charge in [0.05, 0.1) is 19.1 Å². The largest absolute Gasteiger partial charge is 0.481 e. The molecule has 1 saturated heterocycles. The van der Waals surface area contributed by atoms with E-state index >= 15 is 0 Å². The number of carboxylic acids is 1. The van der Waals surface area contributed by atoms with Crippen LogP contribution in [0.3, 0.4) is 0 Å². The molecular weight excluding hydrogens is 260 g/mol. The van der Waals surface area contributed by atoms with Crippen molar-refractivity contribution in [1.29, 1.82) is 0 Å². The molecule has 0 bridgehead atoms. The number of halogens is 1. The Hall–Kier alpha value is -0.870. The van der Waals surface area contributed by atoms with Crippen LogP contribution in [0.2, 0.25) is 0 Å². The summed E-state index contributed by atoms with van der Waals surface area (Å²) in [6, 6.07) is 7.74. The summed E-state index contributed by atoms with van der Waals surface area (Å²) in [5.74, 6) is -1.23. The van der Waals surface area contributed by atoms with Crippen molar-refractivity contribution in [2.75, 3.05) is 13.2 Å². The summed E-state index contributed by atoms with van der Waals surface area (Å²) in [6.07, 6.45) is 0. The molecule has 2 atom stereocenters. The van der Waals surface area contributed by atoms with Crippen LogP contribution in [0, 0.1) is 5.92 Å². The van der Waals surface area contributed by atoms with Crippen molar-refractivity contribution in [3.63, 3.8) is 0 Å². The third-order valence-corrected chi connectivity index (χ3v) is 3.17. The van der Waals surface area contributed by atoms with E-state index in [1.165, 1.54) is 0 Å². The van der Waals surface area contributed by atoms with E-state index in [1.807, 2.05) is 24.3 Å². The second-order valence-electron chi connectivity index (χ2n) is 3.64. The van der Waals surface area contributed by atoms with Crippen LogP contribution in [0.15, 0.2) is 28.7 Å². The molecule has 2 rings (SSSR count). The molecule has 1 aromatic rings. The van der Waals surface area contributed by atoms with E-state index in [9.17, 15) is 4.79 Å². The fraction of sp³-hybridized carbons (Fsp3) is 0.364. The van der Waals surface area contributed by atoms with E-state index < -0.39 is 11.9 Å². The summed E-state index contributed by atoms with van der Waals surface area (Å²) in [5.41, 5.74) is 1.02. The summed E-state index contributed by atoms with van der Waals surface area (Å²) >= 11 is 3.38. The fourth-order valence-corrected chi connectivity index (χ4v) is 2.28. The minimum Gasteiger partial charge on any atom is -0.481 e. The normalized spacial score (nSPS) is 25.4. The number of rotatable bonds is 2. The molecule has 1 aromatic carbocycles. The van der Waals surface area contributed by atoms with Crippen LogP contribution in [0.25, 0.3) is 0 Å². The van der Waals surface area contributed by atoms with Crippen LogP contribution in [-0.4, -0.2) is 24.3 Å². The van der Waals surface area contributed by atoms with Crippen molar-refractivity contribution in [3.05, 3.63) is 34.3 Å². The number of benzene rings is 1. The lowest BCUT2D eigenvalue weighted by molar-refractivity contribution is -0.142. The van der Waals surface area contributed by atoms with Gasteiger partial charge in [0.25, 0.3) is 0 Å². The maximum absolute atomic E-state index is 11.0. The molecule has 2 unspecified atom stereocenters. The van der Waals surface area contributed by atoms with Gasteiger partial charge in [-0.05, 0) is 17.7 Å². The van der Waals surface area contributed by atoms with Gasteiger partial charge in [0, 0.05) is 10.4 Å². The zero-order valence-electron chi connectivity index (χ0n) is 8.02. The third kappa shape index (κ3) is 2.21. The average Bonchev–Trinajstić information content (AvgIpc) is 2.65. The number of ether oxygens (including phenoxy) is 1. The van der Waals surface area contributed by atoms with E-state index in [2.05, 4.69) is 15.9 Å². The molecule has 0 amide bonds. The Morgan fingerprint density at radius 2 is 2.27 bits per heavy atom. The zero-order chi connectivity index (χ0) is 10.8. The SMILES string of the molecule is O=C(O)C1COCC1c1cccc(Br)c1. The fourth-order valence-electron chi connectivity index (χ4n) is 1.86. The lowest BCUT2D eigenvalue weighted by atomic mass is 9.89. The van der Waals surface area contributed by atoms with E-state index in [-0.39, 0.29) is 5.92 Å². The average molecular weight is 271 g/mol. The first-order valence-electron chi connectivity index (χ1n) is 4.74. The molecule has 0 spiro atoms. The van der Waals surface area contributed by atoms with Crippen LogP contribution in [0.4, 0.5) is 0 Å². The number of hydrogen-bond donors (Lipinski definition) is 1. The molecule has 3 nitrogen and oxygen atoms in total. The van der Waals surface area contributed by atoms with Crippen molar-refractivity contribution in [2.24, 2.45) is 5.92 Å². The van der Waals surface area contributed by atoms with Crippen molar-refractivity contribution in [3.8, 4) is 0 Å². The lowest BCUT2D eigenvalue weighted by Gasteiger charge is -2.13. The molecule has 4 heteroatoms. The maximum atomic E-state index is 11.0. The van der Waals surface area contributed by atoms with Crippen LogP contribution < -0.4 is 0 Å². The minimum absolute atomic E-state index is 0.0278. The van der Waals surface area contributed by atoms with Gasteiger partial charge in [-0.3, -0.25) is 4.79 Å². The molecule has 0 aromatic heterocycles. The van der Waals surface area contributed by atoms with Crippen molar-refractivity contribution >= 4 is 21.9 Å². The summed E-state index contributed by atoms with van der Waals surface area (Å²) < 4.78 is 6.20. The summed E-state index contributed by atoms with van der Waals surface area (Å²) in [6.45, 7) is 0.805. The van der Waals surface area contributed by atoms with E-state index in [4.69, 9.17) is 9.84 Å². The minimum atomic E-state index is -0.780. The van der Waals surface area contributed by atoms with Crippen molar-refractivity contribution in [2.45, 2.75) is 5.92 Å². The lowest BCUT2D eigenvalue weighted by Crippen LogP contribution is -2.20. The second kappa shape index (κ2) is 4.33. The number of aliphatic carboxylic acids is 1. The first-order chi connectivity index (χ1) is 7.18. The molecule has 1 aliphatic rings. The first-order valence-corrected chi connectivity index (χ1v) is 5.54. The number of carbonyl (C=O) groups is 1. The van der Waals surface area contributed by atoms with E-state index in [0.717, 1.165) is 10.0 Å². The topological polar surface area (TPSA) is 46.5 Å². The molecule has 0 aliphatic carbocycles. The highest BCUT2D eigenvalue weighted by atomic mass is 79.9. The van der Waals surface area contributed by atoms with Crippen molar-refractivity contribution < 1.29 is 14.6 Å². The molecule has 1 fully saturated rings. The Balaban J connectivity index is 2.26. The molecule has 1 aliphatic heterocycles. The van der Waals surface area contributed by atoms with Gasteiger partial charge < -0.3 is 9.84 Å². The number of hydrogen-bond acceptors (Lipinski definition) is 2. The van der Waals surface area contributed by atoms with Gasteiger partial charge in [-0.1, -0.05) is 28.1 Å². The maximum Gasteiger partial charge on any atom is 0.309 e. The molecule has 1 N–H and O–H groups in total. The molecule has 15 heavy (non-hydrogen) atoms. The molecule has 0 saturated carbocycles. The number of carboxylic acid groups (broad SMARTS) is 1. The highest BCUT2D eigenvalue weighted by Crippen LogP contribution is 2.32. The van der Waals surface area contributed by atoms with E-state index in [1.54, 1.807) is 0 Å². The van der Waals surface area contributed by atoms with Crippen LogP contribution in [0.1, 0.15) is 11.5 Å². The second-order valence-corrected chi connectivity index (χ2v) is 4.56. The molecular formula is C11H11BrO3. The predicted octanol–water partition coefficient (Wildman–Crippen LogP) is 2.26. The van der Waals surface area contributed by atoms with Crippen LogP contribution in [-0.2, 0) is 9.53 Å². The molecule has 0 radical (unpaired) electrons. The van der Waals surface area contributed by atoms with Crippen LogP contribution >= 0.6 is 15.9 Å². The summed E-state index contributed by atoms with van der Waals surface area (Å²) in [7, 11) is 0. The Labute approximate surface area is 96.2 Å². The Morgan fingerprint density at radius 3 is 2.93 bits per heavy atom. The van der Waals surface area contributed by atoms with Gasteiger partial charge in [-0.15, -0.1) is 0 Å². The Bertz CT molecular complexity index is 378. The quantitative estimate of drug-likeness (QED) is 0.897. The predicted molar refractivity (Wildman–Crippen MR) is 58.8 cm³/mol. The molecule has 80 valence electrons. The summed E-state index contributed by atoms with van der Waals surface area (Å²) in [5, 5.41) is 9.02. The van der Waals surface area contributed by atoms with Gasteiger partial charge in [-0.2, -0.15) is 0 Å². The first kappa shape index (κ1) is 10.6. The smallest absolute Gasteiger partial charge is 0.309 e. The zero-order valence-corrected chi connectivity index (χ0v) is 9.61. The van der Waals surface area contributed by atoms with Gasteiger partial charge in [0.15, 0.2) is 0 Å². The van der Waals surface area contributed by atoms with Crippen LogP contribution in [0.5, 0.6) is 0 Å². The standard InChI is InChI=1S/C11H11BrO3/c12-8-3-1-2-7(4-8)9-5-15-6-10(9)11(13)14/h1-4,9-10H,5-6H2,(H,13,14). The van der Waals surface area contributed by atoms with Gasteiger partial charge in [0.1, 0.15) is 0 Å². The Kier molecular flexibility index (Phi) is 3.07. The Morgan fingerprint density at radius 1 is 1.47 bits per heavy atom. The van der Waals surface area contributed by atoms with Gasteiger partial charge >= 0.3 is 5.97 Å². The van der Waals surface area contributed by atoms with E-state index in [0.29, 0.717) is 13.2 Å². The van der Waals surface area contributed by atoms with Gasteiger partial charge in [0.2, 0.25) is 0 Å².